The molecule has 2 atom stereocenters. The minimum Gasteiger partial charge on any atom is -0.455 e. The highest BCUT2D eigenvalue weighted by molar-refractivity contribution is 7.92. The Hall–Kier alpha value is -1.46. The molecule has 136 valence electrons. The van der Waals surface area contributed by atoms with Crippen LogP contribution in [-0.4, -0.2) is 62.6 Å². The maximum atomic E-state index is 12.4. The van der Waals surface area contributed by atoms with Gasteiger partial charge >= 0.3 is 5.97 Å². The van der Waals surface area contributed by atoms with Crippen LogP contribution in [0, 0.1) is 0 Å². The van der Waals surface area contributed by atoms with Gasteiger partial charge in [0.2, 0.25) is 15.9 Å². The third-order valence-electron chi connectivity index (χ3n) is 3.41. The Kier molecular flexibility index (Phi) is 4.35. The summed E-state index contributed by atoms with van der Waals surface area (Å²) in [6.07, 6.45) is 0.828. The first-order chi connectivity index (χ1) is 10.6. The minimum absolute atomic E-state index is 0.138. The van der Waals surface area contributed by atoms with Crippen LogP contribution in [0.15, 0.2) is 11.3 Å². The smallest absolute Gasteiger partial charge is 0.355 e. The van der Waals surface area contributed by atoms with Gasteiger partial charge in [-0.05, 0) is 33.3 Å². The quantitative estimate of drug-likeness (QED) is 0.497. The van der Waals surface area contributed by atoms with Crippen molar-refractivity contribution < 1.29 is 31.2 Å². The first-order valence-electron chi connectivity index (χ1n) is 7.09. The van der Waals surface area contributed by atoms with E-state index < -0.39 is 54.5 Å². The lowest BCUT2D eigenvalue weighted by Gasteiger charge is -2.49. The fourth-order valence-electron chi connectivity index (χ4n) is 2.67. The van der Waals surface area contributed by atoms with Crippen LogP contribution in [0.2, 0.25) is 0 Å². The number of nitrogens with zero attached hydrogens (tertiary/aromatic N) is 1. The van der Waals surface area contributed by atoms with E-state index >= 15 is 0 Å². The van der Waals surface area contributed by atoms with Gasteiger partial charge in [0, 0.05) is 0 Å². The van der Waals surface area contributed by atoms with E-state index in [9.17, 15) is 26.4 Å². The predicted molar refractivity (Wildman–Crippen MR) is 84.7 cm³/mol. The number of sulfonamides is 1. The molecule has 2 aliphatic heterocycles. The summed E-state index contributed by atoms with van der Waals surface area (Å²) < 4.78 is 54.6. The molecule has 0 spiro atoms. The Balaban J connectivity index is 2.43. The minimum atomic E-state index is -3.83. The van der Waals surface area contributed by atoms with Crippen molar-refractivity contribution in [1.29, 1.82) is 0 Å². The van der Waals surface area contributed by atoms with E-state index in [-0.39, 0.29) is 11.3 Å². The Morgan fingerprint density at radius 1 is 1.33 bits per heavy atom. The molecule has 0 bridgehead atoms. The molecular weight excluding hydrogens is 360 g/mol. The summed E-state index contributed by atoms with van der Waals surface area (Å²) in [5, 5.41) is -1.44. The monoisotopic (exact) mass is 380 g/mol. The average Bonchev–Trinajstić information content (AvgIpc) is 2.31. The lowest BCUT2D eigenvalue weighted by atomic mass is 10.0. The Morgan fingerprint density at radius 3 is 2.33 bits per heavy atom. The second-order valence-corrected chi connectivity index (χ2v) is 10.8. The molecule has 2 aliphatic rings. The van der Waals surface area contributed by atoms with Crippen molar-refractivity contribution in [2.75, 3.05) is 12.0 Å². The van der Waals surface area contributed by atoms with Crippen molar-refractivity contribution in [2.45, 2.75) is 44.7 Å². The summed E-state index contributed by atoms with van der Waals surface area (Å²) in [5.41, 5.74) is -0.776. The standard InChI is InChI=1S/C13H20N2O7S2/c1-7-6-24(20,21)11-8(14-23(5,18)19)10(16)15(11)9(7)12(17)22-13(2,3)4/h8,11,14H,6H2,1-5H3/t8-,11-/m1/s1. The number of amides is 1. The van der Waals surface area contributed by atoms with Crippen molar-refractivity contribution in [1.82, 2.24) is 9.62 Å². The Labute approximate surface area is 141 Å². The highest BCUT2D eigenvalue weighted by atomic mass is 32.2. The number of hydrogen-bond donors (Lipinski definition) is 1. The Morgan fingerprint density at radius 2 is 1.88 bits per heavy atom. The molecule has 1 fully saturated rings. The molecule has 1 saturated heterocycles. The van der Waals surface area contributed by atoms with Crippen molar-refractivity contribution >= 4 is 31.7 Å². The molecule has 1 amide bonds. The highest BCUT2D eigenvalue weighted by Crippen LogP contribution is 2.37. The number of carbonyl (C=O) groups is 2. The molecular formula is C13H20N2O7S2. The lowest BCUT2D eigenvalue weighted by molar-refractivity contribution is -0.158. The van der Waals surface area contributed by atoms with Gasteiger partial charge in [-0.3, -0.25) is 9.69 Å². The molecule has 9 nitrogen and oxygen atoms in total. The van der Waals surface area contributed by atoms with E-state index in [0.29, 0.717) is 0 Å². The van der Waals surface area contributed by atoms with Crippen LogP contribution in [-0.2, 0) is 34.2 Å². The second kappa shape index (κ2) is 5.53. The zero-order chi connectivity index (χ0) is 18.7. The maximum Gasteiger partial charge on any atom is 0.355 e. The average molecular weight is 380 g/mol. The van der Waals surface area contributed by atoms with Crippen LogP contribution in [0.25, 0.3) is 0 Å². The largest absolute Gasteiger partial charge is 0.455 e. The van der Waals surface area contributed by atoms with Crippen LogP contribution >= 0.6 is 0 Å². The van der Waals surface area contributed by atoms with Gasteiger partial charge in [0.25, 0.3) is 0 Å². The number of rotatable bonds is 3. The van der Waals surface area contributed by atoms with E-state index in [1.54, 1.807) is 20.8 Å². The summed E-state index contributed by atoms with van der Waals surface area (Å²) >= 11 is 0. The number of fused-ring (bicyclic) bond motifs is 1. The fourth-order valence-corrected chi connectivity index (χ4v) is 5.49. The number of esters is 1. The third-order valence-corrected chi connectivity index (χ3v) is 6.14. The van der Waals surface area contributed by atoms with Crippen molar-refractivity contribution in [3.63, 3.8) is 0 Å². The summed E-state index contributed by atoms with van der Waals surface area (Å²) in [6.45, 7) is 6.36. The molecule has 0 aromatic carbocycles. The van der Waals surface area contributed by atoms with Crippen LogP contribution in [0.5, 0.6) is 0 Å². The Bertz CT molecular complexity index is 834. The second-order valence-electron chi connectivity index (χ2n) is 6.90. The number of carbonyl (C=O) groups excluding carboxylic acids is 2. The van der Waals surface area contributed by atoms with Crippen LogP contribution in [0.4, 0.5) is 0 Å². The summed E-state index contributed by atoms with van der Waals surface area (Å²) in [7, 11) is -7.62. The van der Waals surface area contributed by atoms with Gasteiger partial charge in [-0.2, -0.15) is 4.72 Å². The fraction of sp³-hybridized carbons (Fsp3) is 0.692. The van der Waals surface area contributed by atoms with E-state index in [1.165, 1.54) is 6.92 Å². The molecule has 2 heterocycles. The van der Waals surface area contributed by atoms with Crippen LogP contribution < -0.4 is 4.72 Å². The topological polar surface area (TPSA) is 127 Å². The highest BCUT2D eigenvalue weighted by Gasteiger charge is 2.60. The molecule has 0 radical (unpaired) electrons. The number of hydrogen-bond acceptors (Lipinski definition) is 7. The maximum absolute atomic E-state index is 12.4. The van der Waals surface area contributed by atoms with Crippen molar-refractivity contribution in [3.05, 3.63) is 11.3 Å². The molecule has 0 aromatic rings. The molecule has 11 heteroatoms. The van der Waals surface area contributed by atoms with Gasteiger partial charge in [0.1, 0.15) is 17.3 Å². The van der Waals surface area contributed by atoms with E-state index in [2.05, 4.69) is 0 Å². The van der Waals surface area contributed by atoms with Gasteiger partial charge in [-0.15, -0.1) is 0 Å². The molecule has 24 heavy (non-hydrogen) atoms. The molecule has 0 aliphatic carbocycles. The molecule has 0 unspecified atom stereocenters. The summed E-state index contributed by atoms with van der Waals surface area (Å²) in [6, 6.07) is -1.43. The van der Waals surface area contributed by atoms with E-state index in [0.717, 1.165) is 11.2 Å². The first kappa shape index (κ1) is 18.9. The van der Waals surface area contributed by atoms with Crippen molar-refractivity contribution in [3.8, 4) is 0 Å². The zero-order valence-corrected chi connectivity index (χ0v) is 15.6. The van der Waals surface area contributed by atoms with E-state index in [4.69, 9.17) is 4.74 Å². The molecule has 2 rings (SSSR count). The normalized spacial score (nSPS) is 26.7. The molecule has 0 saturated carbocycles. The lowest BCUT2D eigenvalue weighted by Crippen LogP contribution is -2.74. The van der Waals surface area contributed by atoms with Gasteiger partial charge in [-0.1, -0.05) is 0 Å². The van der Waals surface area contributed by atoms with E-state index in [1.807, 2.05) is 4.72 Å². The van der Waals surface area contributed by atoms with Gasteiger partial charge < -0.3 is 4.74 Å². The van der Waals surface area contributed by atoms with Gasteiger partial charge in [0.05, 0.1) is 12.0 Å². The third kappa shape index (κ3) is 3.47. The predicted octanol–water partition coefficient (Wildman–Crippen LogP) is -0.883. The van der Waals surface area contributed by atoms with Gasteiger partial charge in [0.15, 0.2) is 15.2 Å². The van der Waals surface area contributed by atoms with Crippen LogP contribution in [0.3, 0.4) is 0 Å². The van der Waals surface area contributed by atoms with Crippen molar-refractivity contribution in [2.24, 2.45) is 0 Å². The molecule has 0 aromatic heterocycles. The number of nitrogens with one attached hydrogen (secondary N) is 1. The zero-order valence-electron chi connectivity index (χ0n) is 14.0. The number of β-lactam (4-membered cyclic amide) rings is 1. The number of sulfone groups is 1. The summed E-state index contributed by atoms with van der Waals surface area (Å²) in [4.78, 5) is 25.4. The summed E-state index contributed by atoms with van der Waals surface area (Å²) in [5.74, 6) is -2.06. The number of ether oxygens (including phenoxy) is 1. The first-order valence-corrected chi connectivity index (χ1v) is 10.7. The molecule has 1 N–H and O–H groups in total. The van der Waals surface area contributed by atoms with Crippen LogP contribution in [0.1, 0.15) is 27.7 Å². The SMILES string of the molecule is CC1=C(C(=O)OC(C)(C)C)N2C(=O)[C@@H](NS(C)(=O)=O)[C@H]2S(=O)(=O)C1. The van der Waals surface area contributed by atoms with Gasteiger partial charge in [-0.25, -0.2) is 21.6 Å².